The summed E-state index contributed by atoms with van der Waals surface area (Å²) in [6.07, 6.45) is 0.174. The Hall–Kier alpha value is -2.74. The van der Waals surface area contributed by atoms with Crippen LogP contribution in [0.15, 0.2) is 48.5 Å². The maximum absolute atomic E-state index is 12.6. The fourth-order valence-electron chi connectivity index (χ4n) is 2.80. The fourth-order valence-corrected chi connectivity index (χ4v) is 3.71. The molecule has 3 rings (SSSR count). The Labute approximate surface area is 152 Å². The van der Waals surface area contributed by atoms with Crippen LogP contribution < -0.4 is 19.1 Å². The molecule has 0 fully saturated rings. The summed E-state index contributed by atoms with van der Waals surface area (Å²) >= 11 is 0. The minimum atomic E-state index is -3.53. The van der Waals surface area contributed by atoms with Crippen molar-refractivity contribution in [2.75, 3.05) is 24.2 Å². The number of ether oxygens (including phenoxy) is 2. The average Bonchev–Trinajstić information content (AvgIpc) is 2.64. The monoisotopic (exact) mass is 376 g/mol. The molecule has 1 heterocycles. The zero-order valence-electron chi connectivity index (χ0n) is 14.5. The minimum Gasteiger partial charge on any atom is -0.496 e. The number of methoxy groups -OCH3 is 1. The van der Waals surface area contributed by atoms with E-state index in [0.29, 0.717) is 17.2 Å². The molecular formula is C18H20N2O5S. The van der Waals surface area contributed by atoms with Gasteiger partial charge in [0.15, 0.2) is 6.10 Å². The number of amides is 1. The molecule has 0 saturated carbocycles. The van der Waals surface area contributed by atoms with Crippen molar-refractivity contribution in [3.63, 3.8) is 0 Å². The number of para-hydroxylation sites is 3. The molecule has 1 atom stereocenters. The summed E-state index contributed by atoms with van der Waals surface area (Å²) in [6, 6.07) is 14.1. The van der Waals surface area contributed by atoms with Crippen molar-refractivity contribution in [3.8, 4) is 11.5 Å². The number of carbonyl (C=O) groups is 1. The third-order valence-electron chi connectivity index (χ3n) is 4.07. The lowest BCUT2D eigenvalue weighted by molar-refractivity contribution is -0.127. The van der Waals surface area contributed by atoms with Crippen molar-refractivity contribution in [1.82, 2.24) is 5.32 Å². The van der Waals surface area contributed by atoms with Crippen LogP contribution in [0.3, 0.4) is 0 Å². The molecule has 0 saturated heterocycles. The highest BCUT2D eigenvalue weighted by Gasteiger charge is 2.34. The molecule has 0 bridgehead atoms. The summed E-state index contributed by atoms with van der Waals surface area (Å²) in [7, 11) is -1.97. The highest BCUT2D eigenvalue weighted by molar-refractivity contribution is 7.92. The van der Waals surface area contributed by atoms with Crippen LogP contribution in [0.5, 0.6) is 11.5 Å². The smallest absolute Gasteiger partial charge is 0.263 e. The minimum absolute atomic E-state index is 0.0758. The zero-order chi connectivity index (χ0) is 18.7. The van der Waals surface area contributed by atoms with E-state index in [9.17, 15) is 13.2 Å². The van der Waals surface area contributed by atoms with Gasteiger partial charge in [-0.05, 0) is 18.2 Å². The molecule has 0 aliphatic carbocycles. The summed E-state index contributed by atoms with van der Waals surface area (Å²) in [5.41, 5.74) is 1.25. The molecule has 1 N–H and O–H groups in total. The molecule has 1 aliphatic heterocycles. The van der Waals surface area contributed by atoms with Crippen molar-refractivity contribution < 1.29 is 22.7 Å². The van der Waals surface area contributed by atoms with Crippen molar-refractivity contribution in [2.24, 2.45) is 0 Å². The van der Waals surface area contributed by atoms with E-state index in [-0.39, 0.29) is 19.0 Å². The standard InChI is InChI=1S/C18H20N2O5S/c1-24-15-9-5-3-7-13(15)11-19-18(21)17-12-20(26(2,22)23)14-8-4-6-10-16(14)25-17/h3-10,17H,11-12H2,1-2H3,(H,19,21). The molecular weight excluding hydrogens is 356 g/mol. The van der Waals surface area contributed by atoms with E-state index in [0.717, 1.165) is 11.8 Å². The van der Waals surface area contributed by atoms with E-state index < -0.39 is 16.1 Å². The Bertz CT molecular complexity index is 913. The van der Waals surface area contributed by atoms with Gasteiger partial charge < -0.3 is 14.8 Å². The zero-order valence-corrected chi connectivity index (χ0v) is 15.3. The lowest BCUT2D eigenvalue weighted by atomic mass is 10.2. The fraction of sp³-hybridized carbons (Fsp3) is 0.278. The Kier molecular flexibility index (Phi) is 5.03. The number of hydrogen-bond donors (Lipinski definition) is 1. The quantitative estimate of drug-likeness (QED) is 0.856. The van der Waals surface area contributed by atoms with E-state index in [1.807, 2.05) is 18.2 Å². The van der Waals surface area contributed by atoms with Gasteiger partial charge in [-0.25, -0.2) is 8.42 Å². The van der Waals surface area contributed by atoms with Crippen LogP contribution in [0, 0.1) is 0 Å². The molecule has 26 heavy (non-hydrogen) atoms. The van der Waals surface area contributed by atoms with Crippen LogP contribution >= 0.6 is 0 Å². The Morgan fingerprint density at radius 3 is 2.65 bits per heavy atom. The molecule has 8 heteroatoms. The summed E-state index contributed by atoms with van der Waals surface area (Å²) in [6.45, 7) is 0.177. The van der Waals surface area contributed by atoms with Gasteiger partial charge in [-0.1, -0.05) is 30.3 Å². The normalized spacial score (nSPS) is 16.4. The Morgan fingerprint density at radius 2 is 1.92 bits per heavy atom. The SMILES string of the molecule is COc1ccccc1CNC(=O)C1CN(S(C)(=O)=O)c2ccccc2O1. The topological polar surface area (TPSA) is 84.9 Å². The van der Waals surface area contributed by atoms with E-state index in [1.54, 1.807) is 37.4 Å². The first-order valence-electron chi connectivity index (χ1n) is 8.03. The van der Waals surface area contributed by atoms with Gasteiger partial charge in [-0.2, -0.15) is 0 Å². The molecule has 0 radical (unpaired) electrons. The van der Waals surface area contributed by atoms with Gasteiger partial charge in [0.05, 0.1) is 25.6 Å². The number of nitrogens with one attached hydrogen (secondary N) is 1. The predicted octanol–water partition coefficient (Wildman–Crippen LogP) is 1.54. The number of rotatable bonds is 5. The van der Waals surface area contributed by atoms with Gasteiger partial charge in [-0.15, -0.1) is 0 Å². The second kappa shape index (κ2) is 7.25. The largest absolute Gasteiger partial charge is 0.496 e. The van der Waals surface area contributed by atoms with Crippen LogP contribution in [0.4, 0.5) is 5.69 Å². The third kappa shape index (κ3) is 3.75. The van der Waals surface area contributed by atoms with Crippen molar-refractivity contribution >= 4 is 21.6 Å². The van der Waals surface area contributed by atoms with Crippen molar-refractivity contribution in [3.05, 3.63) is 54.1 Å². The lowest BCUT2D eigenvalue weighted by Gasteiger charge is -2.33. The first-order chi connectivity index (χ1) is 12.4. The van der Waals surface area contributed by atoms with Gasteiger partial charge in [0.2, 0.25) is 10.0 Å². The van der Waals surface area contributed by atoms with Crippen molar-refractivity contribution in [2.45, 2.75) is 12.6 Å². The molecule has 1 aliphatic rings. The summed E-state index contributed by atoms with van der Waals surface area (Å²) in [4.78, 5) is 12.6. The molecule has 1 amide bonds. The second-order valence-corrected chi connectivity index (χ2v) is 7.80. The molecule has 2 aromatic carbocycles. The van der Waals surface area contributed by atoms with Gasteiger partial charge in [0.1, 0.15) is 11.5 Å². The number of nitrogens with zero attached hydrogens (tertiary/aromatic N) is 1. The predicted molar refractivity (Wildman–Crippen MR) is 97.9 cm³/mol. The summed E-state index contributed by atoms with van der Waals surface area (Å²) in [5.74, 6) is 0.640. The van der Waals surface area contributed by atoms with Crippen LogP contribution in [-0.4, -0.2) is 40.3 Å². The number of carbonyl (C=O) groups excluding carboxylic acids is 1. The molecule has 7 nitrogen and oxygen atoms in total. The number of sulfonamides is 1. The van der Waals surface area contributed by atoms with Crippen LogP contribution in [0.2, 0.25) is 0 Å². The van der Waals surface area contributed by atoms with Gasteiger partial charge in [0.25, 0.3) is 5.91 Å². The highest BCUT2D eigenvalue weighted by atomic mass is 32.2. The van der Waals surface area contributed by atoms with Crippen LogP contribution in [-0.2, 0) is 21.4 Å². The second-order valence-electron chi connectivity index (χ2n) is 5.90. The molecule has 0 aromatic heterocycles. The molecule has 2 aromatic rings. The van der Waals surface area contributed by atoms with Crippen molar-refractivity contribution in [1.29, 1.82) is 0 Å². The van der Waals surface area contributed by atoms with Crippen LogP contribution in [0.1, 0.15) is 5.56 Å². The third-order valence-corrected chi connectivity index (χ3v) is 5.22. The van der Waals surface area contributed by atoms with E-state index in [2.05, 4.69) is 5.32 Å². The Balaban J connectivity index is 1.76. The number of anilines is 1. The highest BCUT2D eigenvalue weighted by Crippen LogP contribution is 2.34. The first kappa shape index (κ1) is 18.1. The lowest BCUT2D eigenvalue weighted by Crippen LogP contribution is -2.50. The van der Waals surface area contributed by atoms with E-state index >= 15 is 0 Å². The number of benzene rings is 2. The average molecular weight is 376 g/mol. The molecule has 0 spiro atoms. The first-order valence-corrected chi connectivity index (χ1v) is 9.88. The summed E-state index contributed by atoms with van der Waals surface area (Å²) in [5, 5.41) is 2.78. The maximum Gasteiger partial charge on any atom is 0.263 e. The molecule has 1 unspecified atom stereocenters. The van der Waals surface area contributed by atoms with E-state index in [4.69, 9.17) is 9.47 Å². The Morgan fingerprint density at radius 1 is 1.23 bits per heavy atom. The number of fused-ring (bicyclic) bond motifs is 1. The summed E-state index contributed by atoms with van der Waals surface area (Å²) < 4.78 is 36.4. The van der Waals surface area contributed by atoms with Gasteiger partial charge >= 0.3 is 0 Å². The van der Waals surface area contributed by atoms with Gasteiger partial charge in [-0.3, -0.25) is 9.10 Å². The van der Waals surface area contributed by atoms with E-state index in [1.165, 1.54) is 4.31 Å². The molecule has 138 valence electrons. The van der Waals surface area contributed by atoms with Crippen LogP contribution in [0.25, 0.3) is 0 Å². The maximum atomic E-state index is 12.6. The van der Waals surface area contributed by atoms with Gasteiger partial charge in [0, 0.05) is 12.1 Å². The number of hydrogen-bond acceptors (Lipinski definition) is 5.